The van der Waals surface area contributed by atoms with E-state index in [0.717, 1.165) is 26.2 Å². The van der Waals surface area contributed by atoms with Crippen LogP contribution in [0.1, 0.15) is 29.7 Å². The zero-order valence-corrected chi connectivity index (χ0v) is 11.7. The van der Waals surface area contributed by atoms with Crippen LogP contribution >= 0.6 is 0 Å². The fraction of sp³-hybridized carbons (Fsp3) is 0.600. The summed E-state index contributed by atoms with van der Waals surface area (Å²) in [5.41, 5.74) is 10.4. The van der Waals surface area contributed by atoms with Crippen LogP contribution in [0.2, 0.25) is 0 Å². The Morgan fingerprint density at radius 2 is 1.89 bits per heavy atom. The minimum absolute atomic E-state index is 0.1000. The van der Waals surface area contributed by atoms with Gasteiger partial charge in [0.05, 0.1) is 0 Å². The van der Waals surface area contributed by atoms with Crippen LogP contribution in [-0.4, -0.2) is 37.1 Å². The van der Waals surface area contributed by atoms with Gasteiger partial charge in [-0.05, 0) is 31.9 Å². The van der Waals surface area contributed by atoms with E-state index in [2.05, 4.69) is 49.2 Å². The van der Waals surface area contributed by atoms with Crippen LogP contribution in [0.4, 0.5) is 0 Å². The van der Waals surface area contributed by atoms with Gasteiger partial charge in [0.25, 0.3) is 0 Å². The van der Waals surface area contributed by atoms with Crippen molar-refractivity contribution >= 4 is 0 Å². The average molecular weight is 247 g/mol. The maximum Gasteiger partial charge on any atom is 0.0453 e. The SMILES string of the molecule is Cc1ccc(C)c(C(N)C(C)N2CCNCC2)c1. The molecule has 18 heavy (non-hydrogen) atoms. The highest BCUT2D eigenvalue weighted by Crippen LogP contribution is 2.23. The second-order valence-electron chi connectivity index (χ2n) is 5.41. The molecule has 1 aromatic rings. The summed E-state index contributed by atoms with van der Waals surface area (Å²) in [7, 11) is 0. The highest BCUT2D eigenvalue weighted by molar-refractivity contribution is 5.33. The van der Waals surface area contributed by atoms with Gasteiger partial charge in [0.1, 0.15) is 0 Å². The molecule has 0 amide bonds. The summed E-state index contributed by atoms with van der Waals surface area (Å²) in [5.74, 6) is 0. The molecule has 3 nitrogen and oxygen atoms in total. The number of hydrogen-bond acceptors (Lipinski definition) is 3. The first-order valence-corrected chi connectivity index (χ1v) is 6.87. The smallest absolute Gasteiger partial charge is 0.0453 e. The lowest BCUT2D eigenvalue weighted by atomic mass is 9.94. The average Bonchev–Trinajstić information content (AvgIpc) is 2.41. The summed E-state index contributed by atoms with van der Waals surface area (Å²) in [6.45, 7) is 10.9. The molecule has 1 heterocycles. The van der Waals surface area contributed by atoms with E-state index < -0.39 is 0 Å². The Hall–Kier alpha value is -0.900. The first kappa shape index (κ1) is 13.5. The molecule has 2 atom stereocenters. The van der Waals surface area contributed by atoms with E-state index in [1.165, 1.54) is 16.7 Å². The summed E-state index contributed by atoms with van der Waals surface area (Å²) in [5, 5.41) is 3.39. The van der Waals surface area contributed by atoms with Gasteiger partial charge < -0.3 is 11.1 Å². The molecule has 2 rings (SSSR count). The molecule has 3 N–H and O–H groups in total. The molecule has 0 radical (unpaired) electrons. The lowest BCUT2D eigenvalue weighted by molar-refractivity contribution is 0.163. The molecule has 0 aliphatic carbocycles. The Morgan fingerprint density at radius 1 is 1.22 bits per heavy atom. The van der Waals surface area contributed by atoms with Crippen molar-refractivity contribution in [2.45, 2.75) is 32.9 Å². The summed E-state index contributed by atoms with van der Waals surface area (Å²) < 4.78 is 0. The van der Waals surface area contributed by atoms with Crippen molar-refractivity contribution in [3.8, 4) is 0 Å². The van der Waals surface area contributed by atoms with E-state index >= 15 is 0 Å². The van der Waals surface area contributed by atoms with Crippen LogP contribution in [0.25, 0.3) is 0 Å². The molecule has 1 aliphatic heterocycles. The number of nitrogens with zero attached hydrogens (tertiary/aromatic N) is 1. The van der Waals surface area contributed by atoms with Gasteiger partial charge in [0.2, 0.25) is 0 Å². The third kappa shape index (κ3) is 2.91. The van der Waals surface area contributed by atoms with Gasteiger partial charge in [-0.3, -0.25) is 4.90 Å². The van der Waals surface area contributed by atoms with E-state index in [-0.39, 0.29) is 6.04 Å². The van der Waals surface area contributed by atoms with E-state index in [0.29, 0.717) is 6.04 Å². The summed E-state index contributed by atoms with van der Waals surface area (Å²) in [6.07, 6.45) is 0. The fourth-order valence-electron chi connectivity index (χ4n) is 2.70. The van der Waals surface area contributed by atoms with E-state index in [4.69, 9.17) is 5.73 Å². The molecule has 0 spiro atoms. The Kier molecular flexibility index (Phi) is 4.38. The standard InChI is InChI=1S/C15H25N3/c1-11-4-5-12(2)14(10-11)15(16)13(3)18-8-6-17-7-9-18/h4-5,10,13,15,17H,6-9,16H2,1-3H3. The third-order valence-corrected chi connectivity index (χ3v) is 4.04. The first-order valence-electron chi connectivity index (χ1n) is 6.87. The van der Waals surface area contributed by atoms with Crippen molar-refractivity contribution in [3.63, 3.8) is 0 Å². The van der Waals surface area contributed by atoms with Crippen molar-refractivity contribution in [3.05, 3.63) is 34.9 Å². The molecule has 1 fully saturated rings. The lowest BCUT2D eigenvalue weighted by Crippen LogP contribution is -2.50. The molecule has 3 heteroatoms. The zero-order chi connectivity index (χ0) is 13.1. The number of nitrogens with one attached hydrogen (secondary N) is 1. The van der Waals surface area contributed by atoms with Crippen LogP contribution in [-0.2, 0) is 0 Å². The fourth-order valence-corrected chi connectivity index (χ4v) is 2.70. The van der Waals surface area contributed by atoms with Crippen molar-refractivity contribution in [2.24, 2.45) is 5.73 Å². The Balaban J connectivity index is 2.13. The summed E-state index contributed by atoms with van der Waals surface area (Å²) in [6, 6.07) is 7.06. The molecular weight excluding hydrogens is 222 g/mol. The second kappa shape index (κ2) is 5.83. The molecule has 0 aromatic heterocycles. The van der Waals surface area contributed by atoms with Crippen molar-refractivity contribution < 1.29 is 0 Å². The van der Waals surface area contributed by atoms with E-state index in [9.17, 15) is 0 Å². The van der Waals surface area contributed by atoms with Gasteiger partial charge in [0, 0.05) is 38.3 Å². The normalized spacial score (nSPS) is 20.7. The van der Waals surface area contributed by atoms with E-state index in [1.807, 2.05) is 0 Å². The number of benzene rings is 1. The zero-order valence-electron chi connectivity index (χ0n) is 11.7. The number of aryl methyl sites for hydroxylation is 2. The highest BCUT2D eigenvalue weighted by Gasteiger charge is 2.24. The van der Waals surface area contributed by atoms with Crippen LogP contribution in [0.3, 0.4) is 0 Å². The minimum atomic E-state index is 0.1000. The first-order chi connectivity index (χ1) is 8.59. The number of hydrogen-bond donors (Lipinski definition) is 2. The summed E-state index contributed by atoms with van der Waals surface area (Å²) in [4.78, 5) is 2.49. The van der Waals surface area contributed by atoms with Crippen LogP contribution in [0.5, 0.6) is 0 Å². The summed E-state index contributed by atoms with van der Waals surface area (Å²) >= 11 is 0. The van der Waals surface area contributed by atoms with Crippen molar-refractivity contribution in [1.29, 1.82) is 0 Å². The monoisotopic (exact) mass is 247 g/mol. The van der Waals surface area contributed by atoms with Crippen LogP contribution in [0.15, 0.2) is 18.2 Å². The third-order valence-electron chi connectivity index (χ3n) is 4.04. The maximum atomic E-state index is 6.48. The molecule has 1 aliphatic rings. The van der Waals surface area contributed by atoms with Gasteiger partial charge >= 0.3 is 0 Å². The number of rotatable bonds is 3. The minimum Gasteiger partial charge on any atom is -0.323 e. The topological polar surface area (TPSA) is 41.3 Å². The van der Waals surface area contributed by atoms with Gasteiger partial charge in [-0.2, -0.15) is 0 Å². The predicted octanol–water partition coefficient (Wildman–Crippen LogP) is 1.60. The molecule has 0 saturated carbocycles. The largest absolute Gasteiger partial charge is 0.323 e. The number of piperazine rings is 1. The van der Waals surface area contributed by atoms with E-state index in [1.54, 1.807) is 0 Å². The molecule has 2 unspecified atom stereocenters. The molecule has 1 aromatic carbocycles. The van der Waals surface area contributed by atoms with Crippen LogP contribution in [0, 0.1) is 13.8 Å². The van der Waals surface area contributed by atoms with Gasteiger partial charge in [-0.25, -0.2) is 0 Å². The number of nitrogens with two attached hydrogens (primary N) is 1. The molecular formula is C15H25N3. The van der Waals surface area contributed by atoms with Crippen molar-refractivity contribution in [2.75, 3.05) is 26.2 Å². The van der Waals surface area contributed by atoms with Gasteiger partial charge in [-0.15, -0.1) is 0 Å². The lowest BCUT2D eigenvalue weighted by Gasteiger charge is -2.36. The highest BCUT2D eigenvalue weighted by atomic mass is 15.2. The Labute approximate surface area is 110 Å². The molecule has 1 saturated heterocycles. The quantitative estimate of drug-likeness (QED) is 0.852. The Bertz CT molecular complexity index is 397. The molecule has 0 bridgehead atoms. The molecule has 100 valence electrons. The predicted molar refractivity (Wildman–Crippen MR) is 76.7 cm³/mol. The van der Waals surface area contributed by atoms with Gasteiger partial charge in [0.15, 0.2) is 0 Å². The second-order valence-corrected chi connectivity index (χ2v) is 5.41. The van der Waals surface area contributed by atoms with Gasteiger partial charge in [-0.1, -0.05) is 23.8 Å². The van der Waals surface area contributed by atoms with Crippen LogP contribution < -0.4 is 11.1 Å². The maximum absolute atomic E-state index is 6.48. The Morgan fingerprint density at radius 3 is 2.56 bits per heavy atom. The van der Waals surface area contributed by atoms with Crippen molar-refractivity contribution in [1.82, 2.24) is 10.2 Å².